The van der Waals surface area contributed by atoms with E-state index in [2.05, 4.69) is 29.6 Å². The molecular weight excluding hydrogens is 366 g/mol. The summed E-state index contributed by atoms with van der Waals surface area (Å²) >= 11 is 0. The van der Waals surface area contributed by atoms with Gasteiger partial charge in [-0.1, -0.05) is 30.4 Å². The van der Waals surface area contributed by atoms with Crippen molar-refractivity contribution in [2.45, 2.75) is 37.3 Å². The van der Waals surface area contributed by atoms with E-state index in [0.29, 0.717) is 24.2 Å². The van der Waals surface area contributed by atoms with Crippen LogP contribution in [0.4, 0.5) is 5.69 Å². The van der Waals surface area contributed by atoms with Crippen molar-refractivity contribution in [1.29, 1.82) is 0 Å². The fraction of sp³-hybridized carbons (Fsp3) is 0.417. The number of ether oxygens (including phenoxy) is 3. The van der Waals surface area contributed by atoms with Gasteiger partial charge in [0.2, 0.25) is 0 Å². The van der Waals surface area contributed by atoms with E-state index in [4.69, 9.17) is 14.2 Å². The van der Waals surface area contributed by atoms with Crippen LogP contribution in [0.15, 0.2) is 48.6 Å². The number of phenols is 1. The normalized spacial score (nSPS) is 27.2. The Morgan fingerprint density at radius 2 is 2.14 bits per heavy atom. The monoisotopic (exact) mass is 393 g/mol. The molecule has 2 aromatic carbocycles. The second-order valence-corrected chi connectivity index (χ2v) is 8.07. The molecule has 2 aliphatic heterocycles. The van der Waals surface area contributed by atoms with Crippen molar-refractivity contribution < 1.29 is 19.3 Å². The highest BCUT2D eigenvalue weighted by Gasteiger charge is 2.39. The van der Waals surface area contributed by atoms with Gasteiger partial charge in [0.25, 0.3) is 0 Å². The van der Waals surface area contributed by atoms with Crippen LogP contribution in [0.1, 0.15) is 42.3 Å². The average Bonchev–Trinajstić information content (AvgIpc) is 3.43. The van der Waals surface area contributed by atoms with Crippen molar-refractivity contribution >= 4 is 5.69 Å². The van der Waals surface area contributed by atoms with Gasteiger partial charge in [0.05, 0.1) is 24.9 Å². The Morgan fingerprint density at radius 3 is 2.93 bits per heavy atom. The Balaban J connectivity index is 1.47. The molecule has 1 saturated heterocycles. The van der Waals surface area contributed by atoms with Crippen LogP contribution in [0.3, 0.4) is 0 Å². The number of anilines is 1. The first kappa shape index (κ1) is 18.4. The Hall–Kier alpha value is -2.66. The van der Waals surface area contributed by atoms with Crippen LogP contribution in [0, 0.1) is 5.92 Å². The minimum atomic E-state index is 0.0896. The molecule has 0 radical (unpaired) electrons. The molecule has 1 fully saturated rings. The zero-order chi connectivity index (χ0) is 19.8. The first-order valence-electron chi connectivity index (χ1n) is 10.4. The standard InChI is InChI=1S/C24H27NO4/c1-27-21-11-10-15(13-20(21)26)23-18-7-2-6-17(18)19-8-3-9-22(24(19)25-23)29-14-16-5-4-12-28-16/h2-3,6,8-11,13,16-18,23,25-26H,4-5,7,12,14H2,1H3. The third-order valence-electron chi connectivity index (χ3n) is 6.37. The summed E-state index contributed by atoms with van der Waals surface area (Å²) in [4.78, 5) is 0. The minimum Gasteiger partial charge on any atom is -0.504 e. The van der Waals surface area contributed by atoms with Crippen LogP contribution >= 0.6 is 0 Å². The van der Waals surface area contributed by atoms with Gasteiger partial charge in [-0.25, -0.2) is 0 Å². The van der Waals surface area contributed by atoms with E-state index in [1.807, 2.05) is 24.3 Å². The van der Waals surface area contributed by atoms with Gasteiger partial charge in [0, 0.05) is 12.5 Å². The molecule has 3 aliphatic rings. The van der Waals surface area contributed by atoms with Gasteiger partial charge in [0.15, 0.2) is 11.5 Å². The van der Waals surface area contributed by atoms with Gasteiger partial charge in [-0.2, -0.15) is 0 Å². The largest absolute Gasteiger partial charge is 0.504 e. The molecule has 2 N–H and O–H groups in total. The van der Waals surface area contributed by atoms with E-state index in [1.165, 1.54) is 5.56 Å². The fourth-order valence-corrected chi connectivity index (χ4v) is 4.90. The molecule has 0 amide bonds. The molecule has 0 spiro atoms. The number of phenolic OH excluding ortho intramolecular Hbond substituents is 1. The highest BCUT2D eigenvalue weighted by Crippen LogP contribution is 2.52. The summed E-state index contributed by atoms with van der Waals surface area (Å²) < 4.78 is 17.1. The lowest BCUT2D eigenvalue weighted by Gasteiger charge is -2.38. The molecule has 152 valence electrons. The number of aromatic hydroxyl groups is 1. The van der Waals surface area contributed by atoms with Crippen molar-refractivity contribution in [3.8, 4) is 17.2 Å². The SMILES string of the molecule is COc1ccc(C2Nc3c(OCC4CCCO4)cccc3C3C=CCC32)cc1O. The van der Waals surface area contributed by atoms with Crippen molar-refractivity contribution in [3.63, 3.8) is 0 Å². The summed E-state index contributed by atoms with van der Waals surface area (Å²) in [6.45, 7) is 1.41. The summed E-state index contributed by atoms with van der Waals surface area (Å²) in [5.41, 5.74) is 3.39. The molecule has 0 bridgehead atoms. The summed E-state index contributed by atoms with van der Waals surface area (Å²) in [7, 11) is 1.57. The van der Waals surface area contributed by atoms with E-state index in [9.17, 15) is 5.11 Å². The molecule has 5 rings (SSSR count). The Kier molecular flexibility index (Phi) is 4.84. The van der Waals surface area contributed by atoms with Crippen LogP contribution in [-0.2, 0) is 4.74 Å². The van der Waals surface area contributed by atoms with Crippen molar-refractivity contribution in [1.82, 2.24) is 0 Å². The number of nitrogens with one attached hydrogen (secondary N) is 1. The smallest absolute Gasteiger partial charge is 0.160 e. The number of para-hydroxylation sites is 1. The van der Waals surface area contributed by atoms with Crippen LogP contribution in [0.25, 0.3) is 0 Å². The molecule has 5 nitrogen and oxygen atoms in total. The number of allylic oxidation sites excluding steroid dienone is 2. The number of benzene rings is 2. The first-order valence-corrected chi connectivity index (χ1v) is 10.4. The highest BCUT2D eigenvalue weighted by molar-refractivity contribution is 5.68. The second-order valence-electron chi connectivity index (χ2n) is 8.07. The highest BCUT2D eigenvalue weighted by atomic mass is 16.5. The number of rotatable bonds is 5. The topological polar surface area (TPSA) is 60.0 Å². The van der Waals surface area contributed by atoms with Crippen LogP contribution in [0.2, 0.25) is 0 Å². The van der Waals surface area contributed by atoms with Crippen LogP contribution in [0.5, 0.6) is 17.2 Å². The molecule has 4 atom stereocenters. The number of hydrogen-bond acceptors (Lipinski definition) is 5. The van der Waals surface area contributed by atoms with Gasteiger partial charge in [-0.15, -0.1) is 0 Å². The quantitative estimate of drug-likeness (QED) is 0.716. The maximum atomic E-state index is 10.3. The van der Waals surface area contributed by atoms with E-state index < -0.39 is 0 Å². The zero-order valence-corrected chi connectivity index (χ0v) is 16.6. The molecule has 0 saturated carbocycles. The second kappa shape index (κ2) is 7.64. The Labute approximate surface area is 171 Å². The average molecular weight is 393 g/mol. The first-order chi connectivity index (χ1) is 14.2. The van der Waals surface area contributed by atoms with Crippen LogP contribution < -0.4 is 14.8 Å². The molecule has 2 heterocycles. The van der Waals surface area contributed by atoms with Gasteiger partial charge in [-0.3, -0.25) is 0 Å². The Bertz CT molecular complexity index is 919. The molecule has 2 aromatic rings. The molecule has 5 heteroatoms. The van der Waals surface area contributed by atoms with Gasteiger partial charge in [-0.05, 0) is 54.5 Å². The number of hydrogen-bond donors (Lipinski definition) is 2. The maximum Gasteiger partial charge on any atom is 0.160 e. The molecule has 29 heavy (non-hydrogen) atoms. The Morgan fingerprint density at radius 1 is 1.21 bits per heavy atom. The summed E-state index contributed by atoms with van der Waals surface area (Å²) in [6.07, 6.45) is 7.94. The predicted molar refractivity (Wildman–Crippen MR) is 112 cm³/mol. The molecule has 0 aromatic heterocycles. The summed E-state index contributed by atoms with van der Waals surface area (Å²) in [5, 5.41) is 14.0. The lowest BCUT2D eigenvalue weighted by atomic mass is 9.77. The fourth-order valence-electron chi connectivity index (χ4n) is 4.90. The lowest BCUT2D eigenvalue weighted by Crippen LogP contribution is -2.29. The van der Waals surface area contributed by atoms with Crippen molar-refractivity contribution in [3.05, 3.63) is 59.7 Å². The molecule has 4 unspecified atom stereocenters. The summed E-state index contributed by atoms with van der Waals surface area (Å²) in [6, 6.07) is 12.1. The molecular formula is C24H27NO4. The minimum absolute atomic E-state index is 0.0896. The third-order valence-corrected chi connectivity index (χ3v) is 6.37. The zero-order valence-electron chi connectivity index (χ0n) is 16.6. The van der Waals surface area contributed by atoms with Crippen molar-refractivity contribution in [2.24, 2.45) is 5.92 Å². The molecule has 1 aliphatic carbocycles. The van der Waals surface area contributed by atoms with E-state index in [0.717, 1.165) is 42.9 Å². The van der Waals surface area contributed by atoms with Gasteiger partial charge in [0.1, 0.15) is 12.4 Å². The third kappa shape index (κ3) is 3.33. The van der Waals surface area contributed by atoms with Crippen LogP contribution in [-0.4, -0.2) is 31.5 Å². The van der Waals surface area contributed by atoms with E-state index >= 15 is 0 Å². The number of fused-ring (bicyclic) bond motifs is 3. The van der Waals surface area contributed by atoms with Gasteiger partial charge >= 0.3 is 0 Å². The van der Waals surface area contributed by atoms with Gasteiger partial charge < -0.3 is 24.6 Å². The number of methoxy groups -OCH3 is 1. The lowest BCUT2D eigenvalue weighted by molar-refractivity contribution is 0.0681. The predicted octanol–water partition coefficient (Wildman–Crippen LogP) is 4.79. The van der Waals surface area contributed by atoms with Crippen molar-refractivity contribution in [2.75, 3.05) is 25.6 Å². The van der Waals surface area contributed by atoms with E-state index in [1.54, 1.807) is 7.11 Å². The summed E-state index contributed by atoms with van der Waals surface area (Å²) in [5.74, 6) is 2.28. The van der Waals surface area contributed by atoms with E-state index in [-0.39, 0.29) is 17.9 Å². The maximum absolute atomic E-state index is 10.3.